The first-order chi connectivity index (χ1) is 13.9. The van der Waals surface area contributed by atoms with Crippen molar-refractivity contribution in [2.75, 3.05) is 0 Å². The second-order valence-corrected chi connectivity index (χ2v) is 9.02. The van der Waals surface area contributed by atoms with E-state index in [4.69, 9.17) is 5.26 Å². The van der Waals surface area contributed by atoms with Crippen LogP contribution < -0.4 is 0 Å². The fourth-order valence-corrected chi connectivity index (χ4v) is 4.82. The SMILES string of the molecule is Cc1ccc(Cc2ccc(CC3CCC(C(OO)C(C)F)CC3)cc2)c(C)c1C. The van der Waals surface area contributed by atoms with Gasteiger partial charge in [0, 0.05) is 0 Å². The Kier molecular flexibility index (Phi) is 7.48. The highest BCUT2D eigenvalue weighted by molar-refractivity contribution is 5.41. The molecule has 1 saturated carbocycles. The van der Waals surface area contributed by atoms with Crippen LogP contribution in [0.25, 0.3) is 0 Å². The van der Waals surface area contributed by atoms with Crippen molar-refractivity contribution in [3.05, 3.63) is 69.8 Å². The van der Waals surface area contributed by atoms with Crippen LogP contribution in [0, 0.1) is 32.6 Å². The number of rotatable bonds is 7. The van der Waals surface area contributed by atoms with Gasteiger partial charge < -0.3 is 0 Å². The van der Waals surface area contributed by atoms with E-state index in [1.165, 1.54) is 40.3 Å². The lowest BCUT2D eigenvalue weighted by atomic mass is 9.76. The lowest BCUT2D eigenvalue weighted by molar-refractivity contribution is -0.303. The van der Waals surface area contributed by atoms with Crippen molar-refractivity contribution >= 4 is 0 Å². The molecule has 0 spiro atoms. The zero-order valence-corrected chi connectivity index (χ0v) is 18.2. The van der Waals surface area contributed by atoms with Gasteiger partial charge in [-0.05, 0) is 111 Å². The molecule has 1 N–H and O–H groups in total. The first kappa shape index (κ1) is 22.0. The lowest BCUT2D eigenvalue weighted by Crippen LogP contribution is -2.34. The minimum absolute atomic E-state index is 0.125. The summed E-state index contributed by atoms with van der Waals surface area (Å²) >= 11 is 0. The predicted octanol–water partition coefficient (Wildman–Crippen LogP) is 6.77. The highest BCUT2D eigenvalue weighted by Gasteiger charge is 2.32. The summed E-state index contributed by atoms with van der Waals surface area (Å²) in [5, 5.41) is 8.99. The smallest absolute Gasteiger partial charge is 0.127 e. The number of alkyl halides is 1. The molecule has 2 aromatic rings. The van der Waals surface area contributed by atoms with E-state index in [-0.39, 0.29) is 5.92 Å². The third-order valence-electron chi connectivity index (χ3n) is 7.04. The van der Waals surface area contributed by atoms with Gasteiger partial charge in [-0.15, -0.1) is 0 Å². The molecule has 2 atom stereocenters. The van der Waals surface area contributed by atoms with Crippen molar-refractivity contribution < 1.29 is 14.5 Å². The molecule has 3 heteroatoms. The van der Waals surface area contributed by atoms with Crippen LogP contribution in [-0.4, -0.2) is 17.5 Å². The maximum absolute atomic E-state index is 13.6. The van der Waals surface area contributed by atoms with Crippen molar-refractivity contribution in [3.8, 4) is 0 Å². The summed E-state index contributed by atoms with van der Waals surface area (Å²) in [6, 6.07) is 13.5. The van der Waals surface area contributed by atoms with Crippen molar-refractivity contribution in [3.63, 3.8) is 0 Å². The first-order valence-corrected chi connectivity index (χ1v) is 11.0. The van der Waals surface area contributed by atoms with Gasteiger partial charge >= 0.3 is 0 Å². The molecule has 0 aromatic heterocycles. The standard InChI is InChI=1S/C26H35FO2/c1-17-5-12-25(19(3)18(17)2)16-23-8-6-21(7-9-23)15-22-10-13-24(14-11-22)26(29-28)20(4)27/h5-9,12,20,22,24,26,28H,10-11,13-16H2,1-4H3. The molecule has 29 heavy (non-hydrogen) atoms. The summed E-state index contributed by atoms with van der Waals surface area (Å²) in [5.74, 6) is 0.758. The molecule has 1 aliphatic carbocycles. The van der Waals surface area contributed by atoms with Gasteiger partial charge in [-0.25, -0.2) is 9.28 Å². The molecule has 0 bridgehead atoms. The van der Waals surface area contributed by atoms with E-state index in [0.29, 0.717) is 5.92 Å². The van der Waals surface area contributed by atoms with E-state index >= 15 is 0 Å². The summed E-state index contributed by atoms with van der Waals surface area (Å²) < 4.78 is 13.6. The zero-order valence-electron chi connectivity index (χ0n) is 18.2. The molecule has 0 aliphatic heterocycles. The predicted molar refractivity (Wildman–Crippen MR) is 117 cm³/mol. The Morgan fingerprint density at radius 1 is 0.931 bits per heavy atom. The van der Waals surface area contributed by atoms with Crippen LogP contribution in [0.5, 0.6) is 0 Å². The van der Waals surface area contributed by atoms with Crippen LogP contribution >= 0.6 is 0 Å². The Balaban J connectivity index is 1.55. The number of aryl methyl sites for hydroxylation is 1. The number of halogens is 1. The van der Waals surface area contributed by atoms with Gasteiger partial charge in [0.1, 0.15) is 12.3 Å². The summed E-state index contributed by atoms with van der Waals surface area (Å²) in [6.07, 6.45) is 4.23. The number of hydrogen-bond donors (Lipinski definition) is 1. The second-order valence-electron chi connectivity index (χ2n) is 9.02. The molecule has 1 aliphatic rings. The van der Waals surface area contributed by atoms with Crippen LogP contribution in [0.4, 0.5) is 4.39 Å². The van der Waals surface area contributed by atoms with Crippen LogP contribution in [0.2, 0.25) is 0 Å². The van der Waals surface area contributed by atoms with Gasteiger partial charge in [-0.3, -0.25) is 5.26 Å². The maximum atomic E-state index is 13.6. The molecule has 0 heterocycles. The van der Waals surface area contributed by atoms with Gasteiger partial charge in [0.2, 0.25) is 0 Å². The Labute approximate surface area is 175 Å². The Hall–Kier alpha value is -1.71. The van der Waals surface area contributed by atoms with Crippen LogP contribution in [0.3, 0.4) is 0 Å². The molecular formula is C26H35FO2. The number of hydrogen-bond acceptors (Lipinski definition) is 2. The summed E-state index contributed by atoms with van der Waals surface area (Å²) in [6.45, 7) is 8.06. The van der Waals surface area contributed by atoms with E-state index < -0.39 is 12.3 Å². The quantitative estimate of drug-likeness (QED) is 0.412. The summed E-state index contributed by atoms with van der Waals surface area (Å²) in [5.41, 5.74) is 8.28. The topological polar surface area (TPSA) is 29.5 Å². The molecule has 0 amide bonds. The maximum Gasteiger partial charge on any atom is 0.127 e. The molecule has 1 fully saturated rings. The monoisotopic (exact) mass is 398 g/mol. The highest BCUT2D eigenvalue weighted by atomic mass is 19.1. The third kappa shape index (κ3) is 5.46. The van der Waals surface area contributed by atoms with Gasteiger partial charge in [-0.1, -0.05) is 36.4 Å². The van der Waals surface area contributed by atoms with Crippen molar-refractivity contribution in [1.29, 1.82) is 0 Å². The minimum Gasteiger partial charge on any atom is -0.251 e. The van der Waals surface area contributed by atoms with Gasteiger partial charge in [-0.2, -0.15) is 0 Å². The largest absolute Gasteiger partial charge is 0.251 e. The summed E-state index contributed by atoms with van der Waals surface area (Å²) in [7, 11) is 0. The van der Waals surface area contributed by atoms with E-state index in [1.54, 1.807) is 0 Å². The second kappa shape index (κ2) is 9.86. The molecule has 0 radical (unpaired) electrons. The minimum atomic E-state index is -1.13. The van der Waals surface area contributed by atoms with E-state index in [2.05, 4.69) is 62.1 Å². The Morgan fingerprint density at radius 2 is 1.55 bits per heavy atom. The van der Waals surface area contributed by atoms with Crippen molar-refractivity contribution in [1.82, 2.24) is 0 Å². The third-order valence-corrected chi connectivity index (χ3v) is 7.04. The fourth-order valence-electron chi connectivity index (χ4n) is 4.82. The van der Waals surface area contributed by atoms with Gasteiger partial charge in [0.05, 0.1) is 0 Å². The van der Waals surface area contributed by atoms with Crippen LogP contribution in [0.1, 0.15) is 66.0 Å². The van der Waals surface area contributed by atoms with E-state index in [1.807, 2.05) is 0 Å². The normalized spacial score (nSPS) is 21.7. The molecule has 158 valence electrons. The lowest BCUT2D eigenvalue weighted by Gasteiger charge is -2.32. The fraction of sp³-hybridized carbons (Fsp3) is 0.538. The average molecular weight is 399 g/mol. The van der Waals surface area contributed by atoms with Crippen molar-refractivity contribution in [2.24, 2.45) is 11.8 Å². The Morgan fingerprint density at radius 3 is 2.14 bits per heavy atom. The van der Waals surface area contributed by atoms with Crippen molar-refractivity contribution in [2.45, 2.75) is 78.5 Å². The molecular weight excluding hydrogens is 363 g/mol. The molecule has 0 saturated heterocycles. The van der Waals surface area contributed by atoms with E-state index in [0.717, 1.165) is 38.5 Å². The van der Waals surface area contributed by atoms with Gasteiger partial charge in [0.15, 0.2) is 0 Å². The molecule has 2 nitrogen and oxygen atoms in total. The first-order valence-electron chi connectivity index (χ1n) is 11.0. The summed E-state index contributed by atoms with van der Waals surface area (Å²) in [4.78, 5) is 4.41. The number of benzene rings is 2. The van der Waals surface area contributed by atoms with Gasteiger partial charge in [0.25, 0.3) is 0 Å². The van der Waals surface area contributed by atoms with Crippen LogP contribution in [-0.2, 0) is 17.7 Å². The van der Waals surface area contributed by atoms with Crippen LogP contribution in [0.15, 0.2) is 36.4 Å². The van der Waals surface area contributed by atoms with E-state index in [9.17, 15) is 4.39 Å². The average Bonchev–Trinajstić information content (AvgIpc) is 2.71. The zero-order chi connectivity index (χ0) is 21.0. The molecule has 3 rings (SSSR count). The highest BCUT2D eigenvalue weighted by Crippen LogP contribution is 2.35. The Bertz CT molecular complexity index is 789. The molecule has 2 aromatic carbocycles. The molecule has 2 unspecified atom stereocenters.